The molecule has 2 saturated carbocycles. The van der Waals surface area contributed by atoms with Crippen LogP contribution in [0.3, 0.4) is 0 Å². The van der Waals surface area contributed by atoms with E-state index in [9.17, 15) is 9.59 Å². The summed E-state index contributed by atoms with van der Waals surface area (Å²) in [5.74, 6) is 0.953. The first kappa shape index (κ1) is 12.4. The molecule has 2 amide bonds. The fraction of sp³-hybridized carbons (Fsp3) is 0.600. The zero-order chi connectivity index (χ0) is 13.7. The SMILES string of the molecule is O=C1NC(C2CC2)C(=O)N(Cc2cccs2)C1C1CC1. The highest BCUT2D eigenvalue weighted by atomic mass is 32.1. The molecule has 1 aromatic rings. The molecule has 1 aromatic heterocycles. The first-order chi connectivity index (χ1) is 9.74. The van der Waals surface area contributed by atoms with Crippen molar-refractivity contribution >= 4 is 23.2 Å². The zero-order valence-electron chi connectivity index (χ0n) is 11.2. The van der Waals surface area contributed by atoms with Crippen LogP contribution in [0.4, 0.5) is 0 Å². The molecule has 2 heterocycles. The smallest absolute Gasteiger partial charge is 0.246 e. The Hall–Kier alpha value is -1.36. The van der Waals surface area contributed by atoms with E-state index in [-0.39, 0.29) is 23.9 Å². The van der Waals surface area contributed by atoms with E-state index >= 15 is 0 Å². The number of piperazine rings is 1. The molecule has 2 aliphatic carbocycles. The zero-order valence-corrected chi connectivity index (χ0v) is 12.1. The van der Waals surface area contributed by atoms with Crippen molar-refractivity contribution in [1.82, 2.24) is 10.2 Å². The summed E-state index contributed by atoms with van der Waals surface area (Å²) in [7, 11) is 0. The molecule has 106 valence electrons. The van der Waals surface area contributed by atoms with Gasteiger partial charge in [-0.15, -0.1) is 11.3 Å². The number of hydrogen-bond acceptors (Lipinski definition) is 3. The van der Waals surface area contributed by atoms with Gasteiger partial charge in [-0.1, -0.05) is 6.07 Å². The van der Waals surface area contributed by atoms with Crippen LogP contribution >= 0.6 is 11.3 Å². The van der Waals surface area contributed by atoms with Gasteiger partial charge >= 0.3 is 0 Å². The van der Waals surface area contributed by atoms with Gasteiger partial charge < -0.3 is 10.2 Å². The van der Waals surface area contributed by atoms with Crippen molar-refractivity contribution in [2.45, 2.75) is 44.3 Å². The number of carbonyl (C=O) groups excluding carboxylic acids is 2. The van der Waals surface area contributed by atoms with Crippen LogP contribution in [-0.4, -0.2) is 28.8 Å². The lowest BCUT2D eigenvalue weighted by atomic mass is 10.0. The molecule has 2 unspecified atom stereocenters. The van der Waals surface area contributed by atoms with E-state index in [2.05, 4.69) is 5.32 Å². The number of nitrogens with one attached hydrogen (secondary N) is 1. The first-order valence-electron chi connectivity index (χ1n) is 7.37. The quantitative estimate of drug-likeness (QED) is 0.918. The highest BCUT2D eigenvalue weighted by Gasteiger charge is 2.51. The number of rotatable bonds is 4. The van der Waals surface area contributed by atoms with Gasteiger partial charge in [-0.25, -0.2) is 0 Å². The molecular weight excluding hydrogens is 272 g/mol. The Labute approximate surface area is 122 Å². The fourth-order valence-corrected chi connectivity index (χ4v) is 3.84. The fourth-order valence-electron chi connectivity index (χ4n) is 3.13. The normalized spacial score (nSPS) is 30.5. The van der Waals surface area contributed by atoms with Gasteiger partial charge in [0, 0.05) is 4.88 Å². The van der Waals surface area contributed by atoms with E-state index in [4.69, 9.17) is 0 Å². The van der Waals surface area contributed by atoms with Gasteiger partial charge in [-0.05, 0) is 49.0 Å². The van der Waals surface area contributed by atoms with E-state index in [1.165, 1.54) is 0 Å². The lowest BCUT2D eigenvalue weighted by Crippen LogP contribution is -2.64. The molecule has 0 radical (unpaired) electrons. The molecule has 3 aliphatic rings. The molecular formula is C15H18N2O2S. The monoisotopic (exact) mass is 290 g/mol. The summed E-state index contributed by atoms with van der Waals surface area (Å²) in [6, 6.07) is 3.54. The third-order valence-electron chi connectivity index (χ3n) is 4.52. The van der Waals surface area contributed by atoms with E-state index in [1.807, 2.05) is 22.4 Å². The van der Waals surface area contributed by atoms with E-state index in [0.29, 0.717) is 18.4 Å². The summed E-state index contributed by atoms with van der Waals surface area (Å²) in [5, 5.41) is 5.00. The molecule has 4 rings (SSSR count). The molecule has 1 aliphatic heterocycles. The van der Waals surface area contributed by atoms with Crippen LogP contribution in [0.25, 0.3) is 0 Å². The number of nitrogens with zero attached hydrogens (tertiary/aromatic N) is 1. The Morgan fingerprint density at radius 1 is 1.20 bits per heavy atom. The Morgan fingerprint density at radius 2 is 1.95 bits per heavy atom. The number of hydrogen-bond donors (Lipinski definition) is 1. The van der Waals surface area contributed by atoms with Gasteiger partial charge in [0.1, 0.15) is 12.1 Å². The van der Waals surface area contributed by atoms with Crippen LogP contribution < -0.4 is 5.32 Å². The standard InChI is InChI=1S/C15H18N2O2S/c18-14-13(10-5-6-10)17(8-11-2-1-7-20-11)15(19)12(16-14)9-3-4-9/h1-2,7,9-10,12-13H,3-6,8H2,(H,16,18). The van der Waals surface area contributed by atoms with Crippen LogP contribution in [0.15, 0.2) is 17.5 Å². The molecule has 0 bridgehead atoms. The first-order valence-corrected chi connectivity index (χ1v) is 8.25. The van der Waals surface area contributed by atoms with Crippen molar-refractivity contribution in [2.24, 2.45) is 11.8 Å². The van der Waals surface area contributed by atoms with Crippen LogP contribution in [0.2, 0.25) is 0 Å². The molecule has 1 N–H and O–H groups in total. The van der Waals surface area contributed by atoms with Gasteiger partial charge in [0.2, 0.25) is 11.8 Å². The molecule has 3 fully saturated rings. The average Bonchev–Trinajstić information content (AvgIpc) is 3.34. The van der Waals surface area contributed by atoms with Crippen LogP contribution in [0.1, 0.15) is 30.6 Å². The molecule has 5 heteroatoms. The van der Waals surface area contributed by atoms with Gasteiger partial charge in [-0.2, -0.15) is 0 Å². The maximum absolute atomic E-state index is 12.7. The Kier molecular flexibility index (Phi) is 2.84. The lowest BCUT2D eigenvalue weighted by molar-refractivity contribution is -0.151. The van der Waals surface area contributed by atoms with Crippen LogP contribution in [0.5, 0.6) is 0 Å². The maximum Gasteiger partial charge on any atom is 0.246 e. The molecule has 0 spiro atoms. The second-order valence-electron chi connectivity index (χ2n) is 6.15. The van der Waals surface area contributed by atoms with Crippen molar-refractivity contribution in [3.8, 4) is 0 Å². The summed E-state index contributed by atoms with van der Waals surface area (Å²) in [6.07, 6.45) is 4.27. The van der Waals surface area contributed by atoms with Crippen LogP contribution in [-0.2, 0) is 16.1 Å². The summed E-state index contributed by atoms with van der Waals surface area (Å²) in [6.45, 7) is 0.592. The summed E-state index contributed by atoms with van der Waals surface area (Å²) < 4.78 is 0. The minimum Gasteiger partial charge on any atom is -0.342 e. The van der Waals surface area contributed by atoms with Crippen LogP contribution in [0, 0.1) is 11.8 Å². The minimum absolute atomic E-state index is 0.0700. The Balaban J connectivity index is 1.61. The van der Waals surface area contributed by atoms with Crippen molar-refractivity contribution < 1.29 is 9.59 Å². The number of thiophene rings is 1. The molecule has 4 nitrogen and oxygen atoms in total. The van der Waals surface area contributed by atoms with Crippen molar-refractivity contribution in [3.05, 3.63) is 22.4 Å². The third-order valence-corrected chi connectivity index (χ3v) is 5.38. The summed E-state index contributed by atoms with van der Waals surface area (Å²) in [5.41, 5.74) is 0. The van der Waals surface area contributed by atoms with Crippen molar-refractivity contribution in [2.75, 3.05) is 0 Å². The van der Waals surface area contributed by atoms with Gasteiger partial charge in [-0.3, -0.25) is 9.59 Å². The molecule has 2 atom stereocenters. The second-order valence-corrected chi connectivity index (χ2v) is 7.18. The Morgan fingerprint density at radius 3 is 2.55 bits per heavy atom. The highest BCUT2D eigenvalue weighted by molar-refractivity contribution is 7.09. The summed E-state index contributed by atoms with van der Waals surface area (Å²) >= 11 is 1.65. The van der Waals surface area contributed by atoms with E-state index < -0.39 is 0 Å². The largest absolute Gasteiger partial charge is 0.342 e. The molecule has 0 aromatic carbocycles. The maximum atomic E-state index is 12.7. The molecule has 20 heavy (non-hydrogen) atoms. The predicted octanol–water partition coefficient (Wildman–Crippen LogP) is 1.76. The average molecular weight is 290 g/mol. The third kappa shape index (κ3) is 2.14. The van der Waals surface area contributed by atoms with Gasteiger partial charge in [0.25, 0.3) is 0 Å². The Bertz CT molecular complexity index is 534. The van der Waals surface area contributed by atoms with Crippen molar-refractivity contribution in [1.29, 1.82) is 0 Å². The minimum atomic E-state index is -0.266. The molecule has 1 saturated heterocycles. The number of amides is 2. The lowest BCUT2D eigenvalue weighted by Gasteiger charge is -2.39. The van der Waals surface area contributed by atoms with Gasteiger partial charge in [0.05, 0.1) is 6.54 Å². The number of carbonyl (C=O) groups is 2. The van der Waals surface area contributed by atoms with E-state index in [0.717, 1.165) is 30.6 Å². The highest BCUT2D eigenvalue weighted by Crippen LogP contribution is 2.41. The summed E-state index contributed by atoms with van der Waals surface area (Å²) in [4.78, 5) is 28.2. The van der Waals surface area contributed by atoms with Gasteiger partial charge in [0.15, 0.2) is 0 Å². The van der Waals surface area contributed by atoms with E-state index in [1.54, 1.807) is 11.3 Å². The van der Waals surface area contributed by atoms with Crippen molar-refractivity contribution in [3.63, 3.8) is 0 Å². The second kappa shape index (κ2) is 4.58. The predicted molar refractivity (Wildman–Crippen MR) is 76.0 cm³/mol. The topological polar surface area (TPSA) is 49.4 Å².